The molecule has 2 rings (SSSR count). The molecule has 126 valence electrons. The van der Waals surface area contributed by atoms with Gasteiger partial charge in [-0.15, -0.1) is 0 Å². The van der Waals surface area contributed by atoms with Gasteiger partial charge in [0.2, 0.25) is 0 Å². The molecule has 0 radical (unpaired) electrons. The van der Waals surface area contributed by atoms with Crippen molar-refractivity contribution in [1.29, 1.82) is 0 Å². The quantitative estimate of drug-likeness (QED) is 0.713. The summed E-state index contributed by atoms with van der Waals surface area (Å²) in [4.78, 5) is 22.7. The van der Waals surface area contributed by atoms with Crippen LogP contribution in [0.2, 0.25) is 0 Å². The van der Waals surface area contributed by atoms with E-state index in [1.165, 1.54) is 0 Å². The smallest absolute Gasteiger partial charge is 0.305 e. The van der Waals surface area contributed by atoms with Crippen LogP contribution in [-0.4, -0.2) is 11.9 Å². The minimum Gasteiger partial charge on any atom is -0.461 e. The average Bonchev–Trinajstić information content (AvgIpc) is 2.64. The second kappa shape index (κ2) is 8.87. The Balaban J connectivity index is 2.19. The summed E-state index contributed by atoms with van der Waals surface area (Å²) in [6, 6.07) is 15.6. The zero-order chi connectivity index (χ0) is 17.4. The molecule has 2 aromatic rings. The fraction of sp³-hybridized carbons (Fsp3) is 0.300. The lowest BCUT2D eigenvalue weighted by atomic mass is 9.98. The van der Waals surface area contributed by atoms with Gasteiger partial charge in [-0.1, -0.05) is 56.3 Å². The lowest BCUT2D eigenvalue weighted by Crippen LogP contribution is -2.04. The van der Waals surface area contributed by atoms with Gasteiger partial charge in [0.1, 0.15) is 13.2 Å². The number of hydrogen-bond acceptors (Lipinski definition) is 4. The fourth-order valence-electron chi connectivity index (χ4n) is 2.28. The molecule has 0 spiro atoms. The van der Waals surface area contributed by atoms with Gasteiger partial charge in [0.05, 0.1) is 0 Å². The summed E-state index contributed by atoms with van der Waals surface area (Å²) in [6.45, 7) is 4.05. The van der Waals surface area contributed by atoms with Crippen LogP contribution in [0, 0.1) is 0 Å². The molecule has 0 fully saturated rings. The Bertz CT molecular complexity index is 706. The highest BCUT2D eigenvalue weighted by molar-refractivity contribution is 5.71. The zero-order valence-corrected chi connectivity index (χ0v) is 14.1. The number of carbonyl (C=O) groups excluding carboxylic acids is 2. The summed E-state index contributed by atoms with van der Waals surface area (Å²) in [7, 11) is 0. The molecule has 0 aliphatic rings. The van der Waals surface area contributed by atoms with Crippen LogP contribution in [-0.2, 0) is 32.3 Å². The van der Waals surface area contributed by atoms with Gasteiger partial charge in [0.15, 0.2) is 0 Å². The maximum atomic E-state index is 11.4. The van der Waals surface area contributed by atoms with E-state index in [0.717, 1.165) is 22.3 Å². The Labute approximate surface area is 142 Å². The van der Waals surface area contributed by atoms with E-state index >= 15 is 0 Å². The molecule has 0 heterocycles. The van der Waals surface area contributed by atoms with Gasteiger partial charge in [-0.25, -0.2) is 0 Å². The summed E-state index contributed by atoms with van der Waals surface area (Å²) in [6.07, 6.45) is 0.728. The monoisotopic (exact) mass is 326 g/mol. The second-order valence-corrected chi connectivity index (χ2v) is 5.39. The van der Waals surface area contributed by atoms with E-state index in [1.807, 2.05) is 48.5 Å². The average molecular weight is 326 g/mol. The summed E-state index contributed by atoms with van der Waals surface area (Å²) >= 11 is 0. The van der Waals surface area contributed by atoms with Crippen molar-refractivity contribution in [1.82, 2.24) is 0 Å². The van der Waals surface area contributed by atoms with Crippen LogP contribution in [0.5, 0.6) is 0 Å². The van der Waals surface area contributed by atoms with Crippen LogP contribution in [0.25, 0.3) is 11.1 Å². The highest BCUT2D eigenvalue weighted by Gasteiger charge is 2.08. The van der Waals surface area contributed by atoms with E-state index in [9.17, 15) is 9.59 Å². The molecule has 4 heteroatoms. The first kappa shape index (κ1) is 17.7. The van der Waals surface area contributed by atoms with Crippen molar-refractivity contribution in [2.75, 3.05) is 0 Å². The molecule has 0 aliphatic heterocycles. The van der Waals surface area contributed by atoms with Crippen LogP contribution in [0.3, 0.4) is 0 Å². The predicted octanol–water partition coefficient (Wildman–Crippen LogP) is 4.26. The minimum atomic E-state index is -0.218. The summed E-state index contributed by atoms with van der Waals surface area (Å²) in [5.74, 6) is -0.433. The first-order valence-electron chi connectivity index (χ1n) is 8.12. The lowest BCUT2D eigenvalue weighted by Gasteiger charge is -2.11. The molecule has 0 amide bonds. The SMILES string of the molecule is CCC(=O)OCc1cccc(-c2ccccc2COC(=O)CC)c1. The number of rotatable bonds is 7. The van der Waals surface area contributed by atoms with Gasteiger partial charge in [0, 0.05) is 12.8 Å². The third kappa shape index (κ3) is 4.95. The molecule has 0 saturated carbocycles. The van der Waals surface area contributed by atoms with Gasteiger partial charge in [-0.2, -0.15) is 0 Å². The number of ether oxygens (including phenoxy) is 2. The second-order valence-electron chi connectivity index (χ2n) is 5.39. The Morgan fingerprint density at radius 3 is 2.21 bits per heavy atom. The van der Waals surface area contributed by atoms with Crippen molar-refractivity contribution < 1.29 is 19.1 Å². The van der Waals surface area contributed by atoms with E-state index in [-0.39, 0.29) is 25.2 Å². The van der Waals surface area contributed by atoms with E-state index in [4.69, 9.17) is 9.47 Å². The normalized spacial score (nSPS) is 10.2. The number of carbonyl (C=O) groups is 2. The highest BCUT2D eigenvalue weighted by atomic mass is 16.5. The summed E-state index contributed by atoms with van der Waals surface area (Å²) < 4.78 is 10.4. The molecule has 0 saturated heterocycles. The largest absolute Gasteiger partial charge is 0.461 e. The summed E-state index contributed by atoms with van der Waals surface area (Å²) in [5, 5.41) is 0. The van der Waals surface area contributed by atoms with Crippen LogP contribution < -0.4 is 0 Å². The Morgan fingerprint density at radius 2 is 1.50 bits per heavy atom. The van der Waals surface area contributed by atoms with Crippen molar-refractivity contribution in [3.63, 3.8) is 0 Å². The molecule has 4 nitrogen and oxygen atoms in total. The van der Waals surface area contributed by atoms with Crippen LogP contribution in [0.4, 0.5) is 0 Å². The molecule has 0 aromatic heterocycles. The van der Waals surface area contributed by atoms with E-state index in [2.05, 4.69) is 0 Å². The first-order chi connectivity index (χ1) is 11.6. The lowest BCUT2D eigenvalue weighted by molar-refractivity contribution is -0.145. The van der Waals surface area contributed by atoms with Crippen molar-refractivity contribution in [3.05, 3.63) is 59.7 Å². The topological polar surface area (TPSA) is 52.6 Å². The third-order valence-corrected chi connectivity index (χ3v) is 3.62. The van der Waals surface area contributed by atoms with Crippen molar-refractivity contribution in [3.8, 4) is 11.1 Å². The van der Waals surface area contributed by atoms with Crippen LogP contribution >= 0.6 is 0 Å². The van der Waals surface area contributed by atoms with Gasteiger partial charge in [0.25, 0.3) is 0 Å². The van der Waals surface area contributed by atoms with Gasteiger partial charge < -0.3 is 9.47 Å². The highest BCUT2D eigenvalue weighted by Crippen LogP contribution is 2.25. The van der Waals surface area contributed by atoms with E-state index in [1.54, 1.807) is 13.8 Å². The standard InChI is InChI=1S/C20H22O4/c1-3-19(21)23-13-15-8-7-10-16(12-15)18-11-6-5-9-17(18)14-24-20(22)4-2/h5-12H,3-4,13-14H2,1-2H3. The van der Waals surface area contributed by atoms with E-state index in [0.29, 0.717) is 12.8 Å². The fourth-order valence-corrected chi connectivity index (χ4v) is 2.28. The van der Waals surface area contributed by atoms with Gasteiger partial charge in [-0.3, -0.25) is 9.59 Å². The van der Waals surface area contributed by atoms with Crippen molar-refractivity contribution >= 4 is 11.9 Å². The van der Waals surface area contributed by atoms with Crippen LogP contribution in [0.15, 0.2) is 48.5 Å². The molecule has 0 atom stereocenters. The number of benzene rings is 2. The predicted molar refractivity (Wildman–Crippen MR) is 92.1 cm³/mol. The molecule has 0 aliphatic carbocycles. The maximum Gasteiger partial charge on any atom is 0.305 e. The van der Waals surface area contributed by atoms with E-state index < -0.39 is 0 Å². The molecule has 0 bridgehead atoms. The molecule has 0 unspecified atom stereocenters. The molecule has 2 aromatic carbocycles. The van der Waals surface area contributed by atoms with Crippen LogP contribution in [0.1, 0.15) is 37.8 Å². The maximum absolute atomic E-state index is 11.4. The third-order valence-electron chi connectivity index (χ3n) is 3.62. The van der Waals surface area contributed by atoms with Crippen molar-refractivity contribution in [2.24, 2.45) is 0 Å². The van der Waals surface area contributed by atoms with Gasteiger partial charge in [-0.05, 0) is 28.3 Å². The Morgan fingerprint density at radius 1 is 0.833 bits per heavy atom. The molecular formula is C20H22O4. The Kier molecular flexibility index (Phi) is 6.55. The molecular weight excluding hydrogens is 304 g/mol. The minimum absolute atomic E-state index is 0.215. The molecule has 24 heavy (non-hydrogen) atoms. The number of hydrogen-bond donors (Lipinski definition) is 0. The Hall–Kier alpha value is -2.62. The zero-order valence-electron chi connectivity index (χ0n) is 14.1. The number of esters is 2. The van der Waals surface area contributed by atoms with Crippen molar-refractivity contribution in [2.45, 2.75) is 39.9 Å². The van der Waals surface area contributed by atoms with Gasteiger partial charge >= 0.3 is 11.9 Å². The first-order valence-corrected chi connectivity index (χ1v) is 8.12. The molecule has 0 N–H and O–H groups in total. The summed E-state index contributed by atoms with van der Waals surface area (Å²) in [5.41, 5.74) is 3.88.